The molecule has 156 valence electrons. The van der Waals surface area contributed by atoms with E-state index in [1.165, 1.54) is 32.6 Å². The third-order valence-electron chi connectivity index (χ3n) is 9.39. The fourth-order valence-corrected chi connectivity index (χ4v) is 7.97. The molecule has 4 nitrogen and oxygen atoms in total. The Morgan fingerprint density at radius 3 is 2.57 bits per heavy atom. The first-order chi connectivity index (χ1) is 13.4. The monoisotopic (exact) mass is 388 g/mol. The molecular weight excluding hydrogens is 352 g/mol. The van der Waals surface area contributed by atoms with Gasteiger partial charge in [0.2, 0.25) is 0 Å². The number of ether oxygens (including phenoxy) is 3. The van der Waals surface area contributed by atoms with Crippen LogP contribution in [-0.4, -0.2) is 31.1 Å². The second-order valence-corrected chi connectivity index (χ2v) is 10.5. The first kappa shape index (κ1) is 19.1. The molecule has 0 aromatic rings. The lowest BCUT2D eigenvalue weighted by molar-refractivity contribution is -0.322. The highest BCUT2D eigenvalue weighted by Crippen LogP contribution is 2.68. The maximum absolute atomic E-state index is 11.4. The standard InChI is InChI=1S/C24H36O4/c1-16(25)28-18-7-10-22(2)17(15-18)5-6-19-20(22)8-11-23(3)21(19)9-12-24(23)26-13-4-14-27-24/h5,18-21H,4,6-15H2,1-3H3/t18?,19-,20+,21+,22+,23+/m1/s1. The van der Waals surface area contributed by atoms with Gasteiger partial charge in [-0.25, -0.2) is 0 Å². The van der Waals surface area contributed by atoms with Crippen LogP contribution in [0, 0.1) is 28.6 Å². The number of carbonyl (C=O) groups is 1. The Morgan fingerprint density at radius 2 is 1.82 bits per heavy atom. The SMILES string of the molecule is CC(=O)OC1CC[C@@]2(C)C(=CC[C@@H]3[C@@H]2CC[C@@]2(C)[C@H]3CCC23OCCCO3)C1. The third kappa shape index (κ3) is 2.59. The molecule has 6 atom stereocenters. The van der Waals surface area contributed by atoms with Crippen LogP contribution in [0.4, 0.5) is 0 Å². The van der Waals surface area contributed by atoms with Gasteiger partial charge >= 0.3 is 5.97 Å². The van der Waals surface area contributed by atoms with Gasteiger partial charge in [0.1, 0.15) is 6.10 Å². The summed E-state index contributed by atoms with van der Waals surface area (Å²) in [6.07, 6.45) is 12.7. The molecule has 0 N–H and O–H groups in total. The lowest BCUT2D eigenvalue weighted by Crippen LogP contribution is -2.57. The zero-order chi connectivity index (χ0) is 19.6. The second kappa shape index (κ2) is 6.57. The normalized spacial score (nSPS) is 46.9. The number of rotatable bonds is 1. The van der Waals surface area contributed by atoms with Crippen LogP contribution in [0.1, 0.15) is 78.6 Å². The summed E-state index contributed by atoms with van der Waals surface area (Å²) in [5.41, 5.74) is 2.00. The van der Waals surface area contributed by atoms with Gasteiger partial charge in [0.15, 0.2) is 5.79 Å². The highest BCUT2D eigenvalue weighted by atomic mass is 16.7. The van der Waals surface area contributed by atoms with Crippen molar-refractivity contribution in [3.8, 4) is 0 Å². The average Bonchev–Trinajstić information content (AvgIpc) is 2.94. The molecule has 0 aromatic carbocycles. The van der Waals surface area contributed by atoms with E-state index in [1.807, 2.05) is 0 Å². The average molecular weight is 389 g/mol. The van der Waals surface area contributed by atoms with Crippen LogP contribution in [0.15, 0.2) is 11.6 Å². The summed E-state index contributed by atoms with van der Waals surface area (Å²) < 4.78 is 18.3. The molecule has 4 fully saturated rings. The summed E-state index contributed by atoms with van der Waals surface area (Å²) in [5, 5.41) is 0. The zero-order valence-corrected chi connectivity index (χ0v) is 17.8. The van der Waals surface area contributed by atoms with Crippen molar-refractivity contribution in [2.75, 3.05) is 13.2 Å². The van der Waals surface area contributed by atoms with Gasteiger partial charge in [0.05, 0.1) is 13.2 Å². The van der Waals surface area contributed by atoms with Crippen molar-refractivity contribution in [2.24, 2.45) is 28.6 Å². The van der Waals surface area contributed by atoms with Crippen molar-refractivity contribution in [3.05, 3.63) is 11.6 Å². The molecule has 28 heavy (non-hydrogen) atoms. The quantitative estimate of drug-likeness (QED) is 0.468. The Kier molecular flexibility index (Phi) is 4.48. The molecule has 0 amide bonds. The van der Waals surface area contributed by atoms with Gasteiger partial charge in [-0.3, -0.25) is 4.79 Å². The van der Waals surface area contributed by atoms with E-state index < -0.39 is 0 Å². The van der Waals surface area contributed by atoms with Gasteiger partial charge in [-0.1, -0.05) is 25.5 Å². The first-order valence-corrected chi connectivity index (χ1v) is 11.5. The molecule has 4 heteroatoms. The molecule has 1 unspecified atom stereocenters. The van der Waals surface area contributed by atoms with E-state index in [2.05, 4.69) is 19.9 Å². The van der Waals surface area contributed by atoms with Gasteiger partial charge in [-0.05, 0) is 68.1 Å². The van der Waals surface area contributed by atoms with Crippen LogP contribution in [0.25, 0.3) is 0 Å². The largest absolute Gasteiger partial charge is 0.462 e. The van der Waals surface area contributed by atoms with Crippen molar-refractivity contribution in [1.82, 2.24) is 0 Å². The minimum absolute atomic E-state index is 0.0843. The Balaban J connectivity index is 1.40. The number of fused-ring (bicyclic) bond motifs is 6. The highest BCUT2D eigenvalue weighted by molar-refractivity contribution is 5.66. The molecule has 5 aliphatic rings. The van der Waals surface area contributed by atoms with E-state index in [9.17, 15) is 4.79 Å². The van der Waals surface area contributed by atoms with E-state index in [0.717, 1.165) is 57.2 Å². The molecule has 0 aromatic heterocycles. The molecule has 1 saturated heterocycles. The van der Waals surface area contributed by atoms with Gasteiger partial charge in [0.25, 0.3) is 0 Å². The molecule has 1 aliphatic heterocycles. The lowest BCUT2D eigenvalue weighted by atomic mass is 9.47. The fraction of sp³-hybridized carbons (Fsp3) is 0.875. The number of hydrogen-bond donors (Lipinski definition) is 0. The summed E-state index contributed by atoms with van der Waals surface area (Å²) in [6.45, 7) is 8.21. The maximum atomic E-state index is 11.4. The molecule has 5 rings (SSSR count). The summed E-state index contributed by atoms with van der Waals surface area (Å²) >= 11 is 0. The summed E-state index contributed by atoms with van der Waals surface area (Å²) in [5.74, 6) is 1.73. The predicted molar refractivity (Wildman–Crippen MR) is 107 cm³/mol. The molecule has 4 aliphatic carbocycles. The van der Waals surface area contributed by atoms with E-state index in [1.54, 1.807) is 5.57 Å². The zero-order valence-electron chi connectivity index (χ0n) is 17.8. The van der Waals surface area contributed by atoms with Crippen LogP contribution >= 0.6 is 0 Å². The summed E-state index contributed by atoms with van der Waals surface area (Å²) in [7, 11) is 0. The summed E-state index contributed by atoms with van der Waals surface area (Å²) in [4.78, 5) is 11.4. The predicted octanol–water partition coefficient (Wildman–Crippen LogP) is 5.01. The number of carbonyl (C=O) groups excluding carboxylic acids is 1. The first-order valence-electron chi connectivity index (χ1n) is 11.5. The minimum atomic E-state index is -0.321. The van der Waals surface area contributed by atoms with Crippen molar-refractivity contribution in [1.29, 1.82) is 0 Å². The van der Waals surface area contributed by atoms with Gasteiger partial charge in [-0.15, -0.1) is 0 Å². The second-order valence-electron chi connectivity index (χ2n) is 10.5. The lowest BCUT2D eigenvalue weighted by Gasteiger charge is -2.59. The Morgan fingerprint density at radius 1 is 1.07 bits per heavy atom. The van der Waals surface area contributed by atoms with Gasteiger partial charge in [-0.2, -0.15) is 0 Å². The van der Waals surface area contributed by atoms with Crippen molar-refractivity contribution in [2.45, 2.75) is 90.4 Å². The minimum Gasteiger partial charge on any atom is -0.462 e. The van der Waals surface area contributed by atoms with E-state index >= 15 is 0 Å². The Labute approximate surface area is 169 Å². The van der Waals surface area contributed by atoms with Gasteiger partial charge in [0, 0.05) is 25.2 Å². The Bertz CT molecular complexity index is 678. The van der Waals surface area contributed by atoms with Crippen LogP contribution in [0.3, 0.4) is 0 Å². The van der Waals surface area contributed by atoms with Crippen LogP contribution in [-0.2, 0) is 19.0 Å². The topological polar surface area (TPSA) is 44.8 Å². The van der Waals surface area contributed by atoms with Gasteiger partial charge < -0.3 is 14.2 Å². The molecule has 1 heterocycles. The van der Waals surface area contributed by atoms with Crippen LogP contribution in [0.2, 0.25) is 0 Å². The fourth-order valence-electron chi connectivity index (χ4n) is 7.97. The van der Waals surface area contributed by atoms with E-state index in [-0.39, 0.29) is 28.7 Å². The molecule has 1 spiro atoms. The van der Waals surface area contributed by atoms with Crippen molar-refractivity contribution < 1.29 is 19.0 Å². The third-order valence-corrected chi connectivity index (χ3v) is 9.39. The Hall–Kier alpha value is -0.870. The molecular formula is C24H36O4. The highest BCUT2D eigenvalue weighted by Gasteiger charge is 2.66. The number of esters is 1. The van der Waals surface area contributed by atoms with E-state index in [4.69, 9.17) is 14.2 Å². The van der Waals surface area contributed by atoms with Crippen LogP contribution in [0.5, 0.6) is 0 Å². The van der Waals surface area contributed by atoms with E-state index in [0.29, 0.717) is 5.92 Å². The number of hydrogen-bond acceptors (Lipinski definition) is 4. The molecule has 0 radical (unpaired) electrons. The van der Waals surface area contributed by atoms with Crippen molar-refractivity contribution in [3.63, 3.8) is 0 Å². The smallest absolute Gasteiger partial charge is 0.302 e. The number of allylic oxidation sites excluding steroid dienone is 1. The molecule has 0 bridgehead atoms. The maximum Gasteiger partial charge on any atom is 0.302 e. The van der Waals surface area contributed by atoms with Crippen molar-refractivity contribution >= 4 is 5.97 Å². The molecule has 3 saturated carbocycles. The van der Waals surface area contributed by atoms with Crippen LogP contribution < -0.4 is 0 Å². The summed E-state index contributed by atoms with van der Waals surface area (Å²) in [6, 6.07) is 0.